The monoisotopic (exact) mass is 624 g/mol. The Balaban J connectivity index is 1.45. The van der Waals surface area contributed by atoms with Gasteiger partial charge in [-0.15, -0.1) is 21.5 Å². The molecule has 11 heteroatoms. The van der Waals surface area contributed by atoms with Crippen LogP contribution in [-0.2, 0) is 25.7 Å². The van der Waals surface area contributed by atoms with Crippen LogP contribution in [-0.4, -0.2) is 32.0 Å². The molecule has 1 aromatic carbocycles. The predicted molar refractivity (Wildman–Crippen MR) is 169 cm³/mol. The summed E-state index contributed by atoms with van der Waals surface area (Å²) in [5.74, 6) is -0.417. The number of pyridine rings is 2. The molecule has 3 N–H and O–H groups in total. The summed E-state index contributed by atoms with van der Waals surface area (Å²) in [6.45, 7) is 5.78. The van der Waals surface area contributed by atoms with Crippen LogP contribution >= 0.6 is 11.3 Å². The van der Waals surface area contributed by atoms with Crippen LogP contribution < -0.4 is 11.1 Å². The summed E-state index contributed by atoms with van der Waals surface area (Å²) in [5, 5.41) is 11.5. The first-order valence-electron chi connectivity index (χ1n) is 14.9. The van der Waals surface area contributed by atoms with Crippen molar-refractivity contribution in [2.75, 3.05) is 0 Å². The van der Waals surface area contributed by atoms with Crippen LogP contribution in [0.1, 0.15) is 80.4 Å². The van der Waals surface area contributed by atoms with Gasteiger partial charge in [0.15, 0.2) is 0 Å². The lowest BCUT2D eigenvalue weighted by molar-refractivity contribution is 0.0939. The molecule has 9 nitrogen and oxygen atoms in total. The summed E-state index contributed by atoms with van der Waals surface area (Å²) in [6, 6.07) is 13.7. The number of amides is 2. The van der Waals surface area contributed by atoms with Crippen LogP contribution in [0.3, 0.4) is 0 Å². The molecule has 45 heavy (non-hydrogen) atoms. The van der Waals surface area contributed by atoms with Crippen molar-refractivity contribution in [1.29, 1.82) is 0 Å². The molecule has 4 heterocycles. The molecule has 1 aliphatic carbocycles. The number of aromatic nitrogens is 4. The van der Waals surface area contributed by atoms with Crippen molar-refractivity contribution in [1.82, 2.24) is 25.5 Å². The first-order valence-corrected chi connectivity index (χ1v) is 15.7. The number of halogens is 1. The fourth-order valence-corrected chi connectivity index (χ4v) is 6.81. The van der Waals surface area contributed by atoms with Gasteiger partial charge in [0, 0.05) is 29.3 Å². The molecular weight excluding hydrogens is 591 g/mol. The second-order valence-corrected chi connectivity index (χ2v) is 12.7. The van der Waals surface area contributed by atoms with E-state index in [0.717, 1.165) is 29.7 Å². The molecule has 0 saturated carbocycles. The average Bonchev–Trinajstić information content (AvgIpc) is 3.76. The number of nitrogens with zero attached hydrogens (tertiary/aromatic N) is 4. The van der Waals surface area contributed by atoms with Gasteiger partial charge in [0.25, 0.3) is 11.8 Å². The van der Waals surface area contributed by atoms with E-state index >= 15 is 0 Å². The lowest BCUT2D eigenvalue weighted by Crippen LogP contribution is -2.26. The molecule has 1 aliphatic rings. The number of carbonyl (C=O) groups excluding carboxylic acids is 2. The largest absolute Gasteiger partial charge is 0.421 e. The van der Waals surface area contributed by atoms with Crippen molar-refractivity contribution >= 4 is 23.2 Å². The minimum absolute atomic E-state index is 0.124. The lowest BCUT2D eigenvalue weighted by Gasteiger charge is -2.19. The van der Waals surface area contributed by atoms with Crippen LogP contribution in [0.4, 0.5) is 4.39 Å². The smallest absolute Gasteiger partial charge is 0.261 e. The van der Waals surface area contributed by atoms with Gasteiger partial charge in [-0.2, -0.15) is 0 Å². The third kappa shape index (κ3) is 6.39. The summed E-state index contributed by atoms with van der Waals surface area (Å²) in [6.07, 6.45) is 4.87. The van der Waals surface area contributed by atoms with Gasteiger partial charge in [-0.3, -0.25) is 19.6 Å². The molecule has 0 spiro atoms. The molecule has 5 aromatic rings. The molecule has 0 bridgehead atoms. The van der Waals surface area contributed by atoms with Gasteiger partial charge in [0.1, 0.15) is 5.82 Å². The van der Waals surface area contributed by atoms with Crippen LogP contribution in [0, 0.1) is 18.7 Å². The zero-order chi connectivity index (χ0) is 31.7. The van der Waals surface area contributed by atoms with E-state index in [9.17, 15) is 14.0 Å². The number of hydrogen-bond acceptors (Lipinski definition) is 8. The molecule has 0 unspecified atom stereocenters. The van der Waals surface area contributed by atoms with Gasteiger partial charge in [-0.25, -0.2) is 4.39 Å². The standard InChI is InChI=1S/C34H33FN6O3S/c1-18(2)17-26-29(32(36)42)31(27-14-15-28(45-27)33(43)39-24-13-12-23-22(24)5-4-16-37-23)30(34-41-40-19(3)44-34)25(38-26)11-8-20-6-9-21(35)10-7-20/h4-7,9-10,14-16,18,24H,8,11-13,17H2,1-3H3,(H2,36,42)(H,39,43)/t24-/m1/s1. The van der Waals surface area contributed by atoms with Crippen molar-refractivity contribution < 1.29 is 18.4 Å². The van der Waals surface area contributed by atoms with Gasteiger partial charge in [0.05, 0.1) is 33.4 Å². The molecule has 1 atom stereocenters. The van der Waals surface area contributed by atoms with Crippen LogP contribution in [0.15, 0.2) is 59.1 Å². The van der Waals surface area contributed by atoms with E-state index in [1.54, 1.807) is 31.3 Å². The quantitative estimate of drug-likeness (QED) is 0.189. The summed E-state index contributed by atoms with van der Waals surface area (Å²) in [4.78, 5) is 37.3. The van der Waals surface area contributed by atoms with E-state index in [1.807, 2.05) is 32.0 Å². The summed E-state index contributed by atoms with van der Waals surface area (Å²) >= 11 is 1.26. The van der Waals surface area contributed by atoms with Crippen molar-refractivity contribution in [3.63, 3.8) is 0 Å². The Labute approximate surface area is 264 Å². The summed E-state index contributed by atoms with van der Waals surface area (Å²) < 4.78 is 19.5. The van der Waals surface area contributed by atoms with E-state index in [1.165, 1.54) is 23.5 Å². The molecule has 0 saturated heterocycles. The van der Waals surface area contributed by atoms with E-state index in [-0.39, 0.29) is 35.1 Å². The Bertz CT molecular complexity index is 1880. The number of rotatable bonds is 10. The lowest BCUT2D eigenvalue weighted by atomic mass is 9.91. The highest BCUT2D eigenvalue weighted by Crippen LogP contribution is 2.42. The topological polar surface area (TPSA) is 137 Å². The minimum atomic E-state index is -0.634. The fraction of sp³-hybridized carbons (Fsp3) is 0.294. The van der Waals surface area contributed by atoms with Gasteiger partial charge >= 0.3 is 0 Å². The number of carbonyl (C=O) groups is 2. The fourth-order valence-electron chi connectivity index (χ4n) is 5.84. The Morgan fingerprint density at radius 2 is 1.87 bits per heavy atom. The van der Waals surface area contributed by atoms with Gasteiger partial charge in [-0.05, 0) is 79.5 Å². The number of benzene rings is 1. The van der Waals surface area contributed by atoms with Gasteiger partial charge in [0.2, 0.25) is 11.8 Å². The summed E-state index contributed by atoms with van der Waals surface area (Å²) in [5.41, 5.74) is 11.5. The SMILES string of the molecule is Cc1nnc(-c2c(CCc3ccc(F)cc3)nc(CC(C)C)c(C(N)=O)c2-c2ccc(C(=O)N[C@@H]3CCc4ncccc43)s2)o1. The number of fused-ring (bicyclic) bond motifs is 1. The second-order valence-electron chi connectivity index (χ2n) is 11.6. The number of primary amides is 1. The Kier molecular flexibility index (Phi) is 8.53. The number of aryl methyl sites for hydroxylation is 4. The zero-order valence-corrected chi connectivity index (χ0v) is 26.1. The van der Waals surface area contributed by atoms with Crippen molar-refractivity contribution in [3.05, 3.63) is 105 Å². The zero-order valence-electron chi connectivity index (χ0n) is 25.3. The van der Waals surface area contributed by atoms with E-state index in [0.29, 0.717) is 57.4 Å². The first kappa shape index (κ1) is 30.3. The maximum atomic E-state index is 13.6. The summed E-state index contributed by atoms with van der Waals surface area (Å²) in [7, 11) is 0. The van der Waals surface area contributed by atoms with Crippen LogP contribution in [0.2, 0.25) is 0 Å². The normalized spacial score (nSPS) is 14.1. The number of nitrogens with two attached hydrogens (primary N) is 1. The third-order valence-electron chi connectivity index (χ3n) is 7.85. The predicted octanol–water partition coefficient (Wildman–Crippen LogP) is 6.20. The van der Waals surface area contributed by atoms with E-state index in [4.69, 9.17) is 15.1 Å². The molecule has 6 rings (SSSR count). The minimum Gasteiger partial charge on any atom is -0.421 e. The number of nitrogens with one attached hydrogen (secondary N) is 1. The maximum Gasteiger partial charge on any atom is 0.261 e. The average molecular weight is 625 g/mol. The number of thiophene rings is 1. The molecule has 230 valence electrons. The van der Waals surface area contributed by atoms with Gasteiger partial charge in [-0.1, -0.05) is 32.0 Å². The van der Waals surface area contributed by atoms with E-state index in [2.05, 4.69) is 20.5 Å². The highest BCUT2D eigenvalue weighted by Gasteiger charge is 2.30. The van der Waals surface area contributed by atoms with Gasteiger partial charge < -0.3 is 15.5 Å². The molecule has 4 aromatic heterocycles. The van der Waals surface area contributed by atoms with Crippen molar-refractivity contribution in [2.45, 2.75) is 58.9 Å². The van der Waals surface area contributed by atoms with Crippen molar-refractivity contribution in [2.24, 2.45) is 11.7 Å². The highest BCUT2D eigenvalue weighted by molar-refractivity contribution is 7.17. The number of hydrogen-bond donors (Lipinski definition) is 2. The molecule has 0 radical (unpaired) electrons. The maximum absolute atomic E-state index is 13.6. The molecule has 0 fully saturated rings. The Hall–Kier alpha value is -4.77. The first-order chi connectivity index (χ1) is 21.7. The van der Waals surface area contributed by atoms with E-state index < -0.39 is 5.91 Å². The Morgan fingerprint density at radius 1 is 1.07 bits per heavy atom. The van der Waals surface area contributed by atoms with Crippen LogP contribution in [0.25, 0.3) is 21.9 Å². The molecule has 2 amide bonds. The third-order valence-corrected chi connectivity index (χ3v) is 8.95. The van der Waals surface area contributed by atoms with Crippen molar-refractivity contribution in [3.8, 4) is 21.9 Å². The highest BCUT2D eigenvalue weighted by atomic mass is 32.1. The van der Waals surface area contributed by atoms with Crippen LogP contribution in [0.5, 0.6) is 0 Å². The Morgan fingerprint density at radius 3 is 2.58 bits per heavy atom. The molecule has 0 aliphatic heterocycles. The molecular formula is C34H33FN6O3S. The second kappa shape index (κ2) is 12.7.